The van der Waals surface area contributed by atoms with Crippen LogP contribution in [0.4, 0.5) is 5.69 Å². The van der Waals surface area contributed by atoms with Gasteiger partial charge in [-0.15, -0.1) is 0 Å². The summed E-state index contributed by atoms with van der Waals surface area (Å²) in [6.07, 6.45) is 3.52. The normalized spacial score (nSPS) is 16.2. The first-order valence-electron chi connectivity index (χ1n) is 6.07. The zero-order chi connectivity index (χ0) is 12.5. The number of hydrogen-bond acceptors (Lipinski definition) is 4. The van der Waals surface area contributed by atoms with E-state index in [4.69, 9.17) is 4.74 Å². The fraction of sp³-hybridized carbons (Fsp3) is 0.385. The topological polar surface area (TPSA) is 46.8 Å². The summed E-state index contributed by atoms with van der Waals surface area (Å²) < 4.78 is 7.08. The molecular formula is C13H15N3O2. The molecule has 94 valence electrons. The molecule has 0 bridgehead atoms. The largest absolute Gasteiger partial charge is 0.378 e. The van der Waals surface area contributed by atoms with Gasteiger partial charge in [0.1, 0.15) is 0 Å². The van der Waals surface area contributed by atoms with Crippen molar-refractivity contribution in [2.45, 2.75) is 6.92 Å². The van der Waals surface area contributed by atoms with Crippen LogP contribution in [-0.4, -0.2) is 41.7 Å². The van der Waals surface area contributed by atoms with Crippen LogP contribution in [-0.2, 0) is 4.74 Å². The molecule has 1 saturated heterocycles. The minimum absolute atomic E-state index is 0.0455. The Balaban J connectivity index is 2.03. The minimum atomic E-state index is 0.0455. The summed E-state index contributed by atoms with van der Waals surface area (Å²) in [5.41, 5.74) is 2.66. The van der Waals surface area contributed by atoms with Crippen LogP contribution in [0.25, 0.3) is 5.52 Å². The van der Waals surface area contributed by atoms with E-state index in [0.717, 1.165) is 37.5 Å². The molecule has 0 spiro atoms. The van der Waals surface area contributed by atoms with Gasteiger partial charge in [0.15, 0.2) is 5.78 Å². The van der Waals surface area contributed by atoms with Gasteiger partial charge in [-0.25, -0.2) is 4.52 Å². The Bertz CT molecular complexity index is 585. The van der Waals surface area contributed by atoms with Gasteiger partial charge in [0.2, 0.25) is 0 Å². The summed E-state index contributed by atoms with van der Waals surface area (Å²) in [5, 5.41) is 4.18. The van der Waals surface area contributed by atoms with Crippen LogP contribution in [0.1, 0.15) is 17.3 Å². The molecule has 5 nitrogen and oxygen atoms in total. The Morgan fingerprint density at radius 1 is 1.39 bits per heavy atom. The number of ketones is 1. The standard InChI is InChI=1S/C13H15N3O2/c1-10(17)12-9-14-16-3-2-11(8-13(12)16)15-4-6-18-7-5-15/h2-3,8-9H,4-7H2,1H3. The summed E-state index contributed by atoms with van der Waals surface area (Å²) in [6, 6.07) is 4.05. The number of hydrogen-bond donors (Lipinski definition) is 0. The number of morpholine rings is 1. The van der Waals surface area contributed by atoms with Gasteiger partial charge < -0.3 is 9.64 Å². The smallest absolute Gasteiger partial charge is 0.163 e. The third-order valence-corrected chi connectivity index (χ3v) is 3.26. The second-order valence-electron chi connectivity index (χ2n) is 4.43. The molecule has 5 heteroatoms. The summed E-state index contributed by atoms with van der Waals surface area (Å²) in [5.74, 6) is 0.0455. The second kappa shape index (κ2) is 4.42. The van der Waals surface area contributed by atoms with Crippen molar-refractivity contribution < 1.29 is 9.53 Å². The van der Waals surface area contributed by atoms with Gasteiger partial charge in [-0.3, -0.25) is 4.79 Å². The molecule has 0 unspecified atom stereocenters. The van der Waals surface area contributed by atoms with Crippen LogP contribution < -0.4 is 4.90 Å². The molecule has 0 radical (unpaired) electrons. The van der Waals surface area contributed by atoms with Crippen LogP contribution >= 0.6 is 0 Å². The van der Waals surface area contributed by atoms with Gasteiger partial charge in [0.05, 0.1) is 30.5 Å². The molecule has 3 heterocycles. The number of Topliss-reactive ketones (excluding diaryl/α,β-unsaturated/α-hetero) is 1. The number of nitrogens with zero attached hydrogens (tertiary/aromatic N) is 3. The van der Waals surface area contributed by atoms with E-state index in [-0.39, 0.29) is 5.78 Å². The lowest BCUT2D eigenvalue weighted by Gasteiger charge is -2.28. The number of rotatable bonds is 2. The van der Waals surface area contributed by atoms with Crippen LogP contribution in [0, 0.1) is 0 Å². The van der Waals surface area contributed by atoms with Gasteiger partial charge in [0, 0.05) is 25.0 Å². The van der Waals surface area contributed by atoms with Crippen molar-refractivity contribution >= 4 is 17.0 Å². The Kier molecular flexibility index (Phi) is 2.76. The SMILES string of the molecule is CC(=O)c1cnn2ccc(N3CCOCC3)cc12. The molecule has 0 N–H and O–H groups in total. The fourth-order valence-electron chi connectivity index (χ4n) is 2.26. The van der Waals surface area contributed by atoms with Crippen molar-refractivity contribution in [1.29, 1.82) is 0 Å². The Morgan fingerprint density at radius 3 is 2.89 bits per heavy atom. The lowest BCUT2D eigenvalue weighted by atomic mass is 10.2. The molecular weight excluding hydrogens is 230 g/mol. The highest BCUT2D eigenvalue weighted by Gasteiger charge is 2.14. The van der Waals surface area contributed by atoms with E-state index in [9.17, 15) is 4.79 Å². The number of carbonyl (C=O) groups is 1. The molecule has 0 aromatic carbocycles. The highest BCUT2D eigenvalue weighted by atomic mass is 16.5. The number of anilines is 1. The molecule has 2 aromatic heterocycles. The van der Waals surface area contributed by atoms with Gasteiger partial charge in [-0.1, -0.05) is 0 Å². The monoisotopic (exact) mass is 245 g/mol. The van der Waals surface area contributed by atoms with Gasteiger partial charge >= 0.3 is 0 Å². The molecule has 1 aliphatic rings. The van der Waals surface area contributed by atoms with Crippen molar-refractivity contribution in [2.75, 3.05) is 31.2 Å². The summed E-state index contributed by atoms with van der Waals surface area (Å²) in [4.78, 5) is 13.8. The molecule has 1 fully saturated rings. The number of fused-ring (bicyclic) bond motifs is 1. The van der Waals surface area contributed by atoms with E-state index in [2.05, 4.69) is 10.00 Å². The highest BCUT2D eigenvalue weighted by Crippen LogP contribution is 2.20. The fourth-order valence-corrected chi connectivity index (χ4v) is 2.26. The van der Waals surface area contributed by atoms with E-state index in [0.29, 0.717) is 5.56 Å². The van der Waals surface area contributed by atoms with Crippen molar-refractivity contribution in [1.82, 2.24) is 9.61 Å². The molecule has 0 saturated carbocycles. The lowest BCUT2D eigenvalue weighted by molar-refractivity contribution is 0.101. The first kappa shape index (κ1) is 11.2. The van der Waals surface area contributed by atoms with Crippen LogP contribution in [0.5, 0.6) is 0 Å². The number of pyridine rings is 1. The maximum Gasteiger partial charge on any atom is 0.163 e. The van der Waals surface area contributed by atoms with Crippen molar-refractivity contribution in [2.24, 2.45) is 0 Å². The molecule has 0 amide bonds. The Morgan fingerprint density at radius 2 is 2.17 bits per heavy atom. The van der Waals surface area contributed by atoms with E-state index >= 15 is 0 Å². The number of carbonyl (C=O) groups excluding carboxylic acids is 1. The zero-order valence-corrected chi connectivity index (χ0v) is 10.3. The molecule has 2 aromatic rings. The molecule has 1 aliphatic heterocycles. The van der Waals surface area contributed by atoms with E-state index in [1.54, 1.807) is 17.6 Å². The second-order valence-corrected chi connectivity index (χ2v) is 4.43. The van der Waals surface area contributed by atoms with E-state index in [1.165, 1.54) is 0 Å². The predicted molar refractivity (Wildman–Crippen MR) is 68.2 cm³/mol. The Labute approximate surface area is 105 Å². The maximum absolute atomic E-state index is 11.5. The quantitative estimate of drug-likeness (QED) is 0.750. The van der Waals surface area contributed by atoms with E-state index < -0.39 is 0 Å². The third kappa shape index (κ3) is 1.86. The molecule has 18 heavy (non-hydrogen) atoms. The number of ether oxygens (including phenoxy) is 1. The first-order valence-corrected chi connectivity index (χ1v) is 6.07. The van der Waals surface area contributed by atoms with Crippen molar-refractivity contribution in [3.63, 3.8) is 0 Å². The predicted octanol–water partition coefficient (Wildman–Crippen LogP) is 1.37. The average molecular weight is 245 g/mol. The highest BCUT2D eigenvalue weighted by molar-refractivity contribution is 6.00. The van der Waals surface area contributed by atoms with Gasteiger partial charge in [0.25, 0.3) is 0 Å². The van der Waals surface area contributed by atoms with Gasteiger partial charge in [-0.2, -0.15) is 5.10 Å². The summed E-state index contributed by atoms with van der Waals surface area (Å²) in [7, 11) is 0. The van der Waals surface area contributed by atoms with Crippen molar-refractivity contribution in [3.05, 3.63) is 30.1 Å². The average Bonchev–Trinajstić information content (AvgIpc) is 2.82. The van der Waals surface area contributed by atoms with Crippen molar-refractivity contribution in [3.8, 4) is 0 Å². The lowest BCUT2D eigenvalue weighted by Crippen LogP contribution is -2.36. The minimum Gasteiger partial charge on any atom is -0.378 e. The Hall–Kier alpha value is -1.88. The molecule has 0 aliphatic carbocycles. The maximum atomic E-state index is 11.5. The summed E-state index contributed by atoms with van der Waals surface area (Å²) >= 11 is 0. The van der Waals surface area contributed by atoms with E-state index in [1.807, 2.05) is 18.3 Å². The first-order chi connectivity index (χ1) is 8.75. The number of aromatic nitrogens is 2. The van der Waals surface area contributed by atoms with Gasteiger partial charge in [-0.05, 0) is 19.1 Å². The molecule has 0 atom stereocenters. The van der Waals surface area contributed by atoms with Crippen LogP contribution in [0.3, 0.4) is 0 Å². The van der Waals surface area contributed by atoms with Crippen LogP contribution in [0.2, 0.25) is 0 Å². The third-order valence-electron chi connectivity index (χ3n) is 3.26. The van der Waals surface area contributed by atoms with Crippen LogP contribution in [0.15, 0.2) is 24.5 Å². The summed E-state index contributed by atoms with van der Waals surface area (Å²) in [6.45, 7) is 4.85. The zero-order valence-electron chi connectivity index (χ0n) is 10.3. The molecule has 3 rings (SSSR count).